The number of halogens is 1. The lowest BCUT2D eigenvalue weighted by atomic mass is 10.2. The average Bonchev–Trinajstić information content (AvgIpc) is 2.41. The van der Waals surface area contributed by atoms with Crippen LogP contribution in [0.4, 0.5) is 17.5 Å². The maximum absolute atomic E-state index is 8.81. The average molecular weight is 261 g/mol. The molecule has 7 heteroatoms. The molecular formula is C11H9ClN6. The number of nitrogens with zero attached hydrogens (tertiary/aromatic N) is 3. The summed E-state index contributed by atoms with van der Waals surface area (Å²) in [6, 6.07) is 9.01. The summed E-state index contributed by atoms with van der Waals surface area (Å²) in [6.07, 6.45) is 1.43. The number of benzene rings is 1. The molecule has 0 spiro atoms. The summed E-state index contributed by atoms with van der Waals surface area (Å²) in [7, 11) is 0. The molecule has 1 aromatic carbocycles. The molecule has 0 unspecified atom stereocenters. The van der Waals surface area contributed by atoms with Gasteiger partial charge in [0.2, 0.25) is 5.95 Å². The van der Waals surface area contributed by atoms with Crippen molar-refractivity contribution in [3.8, 4) is 6.07 Å². The minimum atomic E-state index is 0.248. The number of nitrogen functional groups attached to an aromatic ring is 1. The summed E-state index contributed by atoms with van der Waals surface area (Å²) in [5, 5.41) is 12.2. The molecule has 2 aromatic rings. The van der Waals surface area contributed by atoms with Crippen LogP contribution in [0, 0.1) is 11.3 Å². The number of rotatable bonds is 3. The molecule has 0 radical (unpaired) electrons. The number of nitrogens with two attached hydrogens (primary N) is 1. The van der Waals surface area contributed by atoms with Crippen LogP contribution in [0.25, 0.3) is 0 Å². The van der Waals surface area contributed by atoms with Crippen molar-refractivity contribution in [1.29, 1.82) is 5.26 Å². The van der Waals surface area contributed by atoms with Gasteiger partial charge in [0.15, 0.2) is 5.82 Å². The summed E-state index contributed by atoms with van der Waals surface area (Å²) in [5.74, 6) is 5.88. The first-order valence-electron chi connectivity index (χ1n) is 4.99. The van der Waals surface area contributed by atoms with Gasteiger partial charge in [-0.3, -0.25) is 5.43 Å². The molecule has 0 aliphatic heterocycles. The Hall–Kier alpha value is -2.36. The van der Waals surface area contributed by atoms with Gasteiger partial charge < -0.3 is 5.32 Å². The lowest BCUT2D eigenvalue weighted by Crippen LogP contribution is -2.11. The van der Waals surface area contributed by atoms with E-state index in [1.807, 2.05) is 0 Å². The van der Waals surface area contributed by atoms with E-state index in [9.17, 15) is 0 Å². The monoisotopic (exact) mass is 260 g/mol. The minimum Gasteiger partial charge on any atom is -0.339 e. The molecule has 4 N–H and O–H groups in total. The number of anilines is 3. The van der Waals surface area contributed by atoms with Gasteiger partial charge in [-0.05, 0) is 18.2 Å². The van der Waals surface area contributed by atoms with E-state index in [0.29, 0.717) is 22.1 Å². The van der Waals surface area contributed by atoms with Gasteiger partial charge in [0, 0.05) is 5.69 Å². The quantitative estimate of drug-likeness (QED) is 0.577. The van der Waals surface area contributed by atoms with Gasteiger partial charge in [-0.15, -0.1) is 0 Å². The molecule has 0 aliphatic carbocycles. The van der Waals surface area contributed by atoms with Gasteiger partial charge in [-0.1, -0.05) is 17.7 Å². The normalized spacial score (nSPS) is 9.61. The van der Waals surface area contributed by atoms with Gasteiger partial charge in [-0.25, -0.2) is 10.8 Å². The van der Waals surface area contributed by atoms with Crippen molar-refractivity contribution in [2.75, 3.05) is 10.7 Å². The number of aromatic nitrogens is 2. The fourth-order valence-electron chi connectivity index (χ4n) is 1.33. The predicted octanol–water partition coefficient (Wildman–Crippen LogP) is 2.03. The van der Waals surface area contributed by atoms with E-state index in [4.69, 9.17) is 22.7 Å². The van der Waals surface area contributed by atoms with Crippen LogP contribution in [0.3, 0.4) is 0 Å². The van der Waals surface area contributed by atoms with E-state index in [2.05, 4.69) is 26.8 Å². The second kappa shape index (κ2) is 5.31. The van der Waals surface area contributed by atoms with Crippen LogP contribution < -0.4 is 16.6 Å². The fraction of sp³-hybridized carbons (Fsp3) is 0. The molecule has 0 aliphatic rings. The Morgan fingerprint density at radius 2 is 2.22 bits per heavy atom. The highest BCUT2D eigenvalue weighted by Crippen LogP contribution is 2.23. The van der Waals surface area contributed by atoms with E-state index in [1.165, 1.54) is 6.20 Å². The largest absolute Gasteiger partial charge is 0.339 e. The van der Waals surface area contributed by atoms with Crippen LogP contribution in [-0.2, 0) is 0 Å². The van der Waals surface area contributed by atoms with Crippen LogP contribution in [0.1, 0.15) is 5.56 Å². The van der Waals surface area contributed by atoms with E-state index >= 15 is 0 Å². The van der Waals surface area contributed by atoms with E-state index in [0.717, 1.165) is 0 Å². The minimum absolute atomic E-state index is 0.248. The first-order valence-corrected chi connectivity index (χ1v) is 5.37. The number of hydrogen-bond donors (Lipinski definition) is 3. The second-order valence-corrected chi connectivity index (χ2v) is 3.76. The zero-order chi connectivity index (χ0) is 13.0. The van der Waals surface area contributed by atoms with Gasteiger partial charge in [0.1, 0.15) is 5.02 Å². The van der Waals surface area contributed by atoms with Gasteiger partial charge in [-0.2, -0.15) is 10.2 Å². The van der Waals surface area contributed by atoms with Gasteiger partial charge >= 0.3 is 0 Å². The van der Waals surface area contributed by atoms with Crippen LogP contribution >= 0.6 is 11.6 Å². The summed E-state index contributed by atoms with van der Waals surface area (Å²) in [6.45, 7) is 0. The first-order chi connectivity index (χ1) is 8.72. The molecule has 0 amide bonds. The summed E-state index contributed by atoms with van der Waals surface area (Å²) >= 11 is 5.96. The molecule has 2 rings (SSSR count). The smallest absolute Gasteiger partial charge is 0.239 e. The van der Waals surface area contributed by atoms with Crippen LogP contribution in [0.15, 0.2) is 30.5 Å². The molecule has 0 bridgehead atoms. The second-order valence-electron chi connectivity index (χ2n) is 3.35. The van der Waals surface area contributed by atoms with E-state index in [-0.39, 0.29) is 5.95 Å². The lowest BCUT2D eigenvalue weighted by Gasteiger charge is -2.08. The van der Waals surface area contributed by atoms with Crippen LogP contribution in [0.2, 0.25) is 5.02 Å². The molecule has 0 saturated heterocycles. The highest BCUT2D eigenvalue weighted by Gasteiger charge is 2.05. The number of nitrogens with one attached hydrogen (secondary N) is 2. The molecular weight excluding hydrogens is 252 g/mol. The highest BCUT2D eigenvalue weighted by atomic mass is 35.5. The third-order valence-corrected chi connectivity index (χ3v) is 2.40. The molecule has 18 heavy (non-hydrogen) atoms. The standard InChI is InChI=1S/C11H9ClN6/c12-9-6-15-11(18-14)17-10(9)16-8-3-1-2-7(4-8)5-13/h1-4,6H,14H2,(H2,15,16,17,18). The van der Waals surface area contributed by atoms with Crippen molar-refractivity contribution in [3.05, 3.63) is 41.0 Å². The maximum atomic E-state index is 8.81. The van der Waals surface area contributed by atoms with Crippen molar-refractivity contribution < 1.29 is 0 Å². The molecule has 1 aromatic heterocycles. The Morgan fingerprint density at radius 3 is 2.94 bits per heavy atom. The van der Waals surface area contributed by atoms with Crippen molar-refractivity contribution in [1.82, 2.24) is 9.97 Å². The summed E-state index contributed by atoms with van der Waals surface area (Å²) in [4.78, 5) is 7.93. The molecule has 1 heterocycles. The van der Waals surface area contributed by atoms with Crippen molar-refractivity contribution in [2.45, 2.75) is 0 Å². The SMILES string of the molecule is N#Cc1cccc(Nc2nc(NN)ncc2Cl)c1. The predicted molar refractivity (Wildman–Crippen MR) is 69.3 cm³/mol. The Morgan fingerprint density at radius 1 is 1.39 bits per heavy atom. The van der Waals surface area contributed by atoms with E-state index in [1.54, 1.807) is 24.3 Å². The maximum Gasteiger partial charge on any atom is 0.239 e. The van der Waals surface area contributed by atoms with Crippen molar-refractivity contribution >= 4 is 29.1 Å². The first kappa shape index (κ1) is 12.1. The van der Waals surface area contributed by atoms with Gasteiger partial charge in [0.25, 0.3) is 0 Å². The van der Waals surface area contributed by atoms with Crippen LogP contribution in [-0.4, -0.2) is 9.97 Å². The molecule has 6 nitrogen and oxygen atoms in total. The molecule has 0 saturated carbocycles. The third kappa shape index (κ3) is 2.66. The number of nitriles is 1. The zero-order valence-electron chi connectivity index (χ0n) is 9.18. The molecule has 90 valence electrons. The van der Waals surface area contributed by atoms with Crippen molar-refractivity contribution in [3.63, 3.8) is 0 Å². The third-order valence-electron chi connectivity index (χ3n) is 2.13. The summed E-state index contributed by atoms with van der Waals surface area (Å²) in [5.41, 5.74) is 3.58. The fourth-order valence-corrected chi connectivity index (χ4v) is 1.47. The van der Waals surface area contributed by atoms with Crippen molar-refractivity contribution in [2.24, 2.45) is 5.84 Å². The number of hydrogen-bond acceptors (Lipinski definition) is 6. The lowest BCUT2D eigenvalue weighted by molar-refractivity contribution is 1.12. The topological polar surface area (TPSA) is 99.7 Å². The van der Waals surface area contributed by atoms with Crippen LogP contribution in [0.5, 0.6) is 0 Å². The molecule has 0 atom stereocenters. The Bertz CT molecular complexity index is 607. The Kier molecular flexibility index (Phi) is 3.57. The Balaban J connectivity index is 2.30. The highest BCUT2D eigenvalue weighted by molar-refractivity contribution is 6.32. The zero-order valence-corrected chi connectivity index (χ0v) is 9.94. The Labute approximate surface area is 108 Å². The molecule has 0 fully saturated rings. The number of hydrazine groups is 1. The summed E-state index contributed by atoms with van der Waals surface area (Å²) < 4.78 is 0. The van der Waals surface area contributed by atoms with Gasteiger partial charge in [0.05, 0.1) is 17.8 Å². The van der Waals surface area contributed by atoms with E-state index < -0.39 is 0 Å².